The molecular weight excluding hydrogens is 454 g/mol. The Kier molecular flexibility index (Phi) is 30.3. The SMILES string of the molecule is CCCCCCCCCCCCCCCCCCCCCCCCCCCCN(C(O)CC)C(O)CC. The van der Waals surface area contributed by atoms with Gasteiger partial charge >= 0.3 is 0 Å². The van der Waals surface area contributed by atoms with Gasteiger partial charge < -0.3 is 10.2 Å². The average molecular weight is 526 g/mol. The highest BCUT2D eigenvalue weighted by Gasteiger charge is 2.19. The summed E-state index contributed by atoms with van der Waals surface area (Å²) >= 11 is 0. The summed E-state index contributed by atoms with van der Waals surface area (Å²) in [6, 6.07) is 0. The molecule has 224 valence electrons. The van der Waals surface area contributed by atoms with Crippen LogP contribution in [0, 0.1) is 0 Å². The van der Waals surface area contributed by atoms with E-state index in [2.05, 4.69) is 6.92 Å². The summed E-state index contributed by atoms with van der Waals surface area (Å²) in [6.45, 7) is 7.05. The largest absolute Gasteiger partial charge is 0.378 e. The van der Waals surface area contributed by atoms with Crippen LogP contribution < -0.4 is 0 Å². The smallest absolute Gasteiger partial charge is 0.109 e. The lowest BCUT2D eigenvalue weighted by molar-refractivity contribution is -0.104. The van der Waals surface area contributed by atoms with E-state index in [1.807, 2.05) is 18.7 Å². The first-order chi connectivity index (χ1) is 18.2. The van der Waals surface area contributed by atoms with Crippen molar-refractivity contribution in [3.8, 4) is 0 Å². The Bertz CT molecular complexity index is 407. The number of hydrogen-bond donors (Lipinski definition) is 2. The Hall–Kier alpha value is -0.120. The van der Waals surface area contributed by atoms with Crippen LogP contribution in [0.25, 0.3) is 0 Å². The molecule has 0 amide bonds. The van der Waals surface area contributed by atoms with E-state index in [9.17, 15) is 10.2 Å². The van der Waals surface area contributed by atoms with E-state index in [1.54, 1.807) is 0 Å². The molecule has 0 aromatic carbocycles. The van der Waals surface area contributed by atoms with Crippen LogP contribution in [-0.4, -0.2) is 34.1 Å². The molecule has 0 fully saturated rings. The van der Waals surface area contributed by atoms with Crippen LogP contribution in [-0.2, 0) is 0 Å². The Morgan fingerprint density at radius 1 is 0.351 bits per heavy atom. The molecule has 3 heteroatoms. The van der Waals surface area contributed by atoms with Gasteiger partial charge in [-0.15, -0.1) is 0 Å². The molecule has 2 atom stereocenters. The number of rotatable bonds is 31. The average Bonchev–Trinajstić information content (AvgIpc) is 2.91. The number of unbranched alkanes of at least 4 members (excludes halogenated alkanes) is 25. The van der Waals surface area contributed by atoms with Crippen LogP contribution in [0.15, 0.2) is 0 Å². The van der Waals surface area contributed by atoms with Gasteiger partial charge in [0.15, 0.2) is 0 Å². The van der Waals surface area contributed by atoms with Gasteiger partial charge in [0.25, 0.3) is 0 Å². The van der Waals surface area contributed by atoms with Gasteiger partial charge in [-0.3, -0.25) is 4.90 Å². The predicted octanol–water partition coefficient (Wildman–Crippen LogP) is 10.9. The minimum Gasteiger partial charge on any atom is -0.378 e. The molecule has 0 aromatic heterocycles. The van der Waals surface area contributed by atoms with Crippen molar-refractivity contribution in [2.45, 2.75) is 213 Å². The molecule has 3 nitrogen and oxygen atoms in total. The van der Waals surface area contributed by atoms with E-state index in [0.717, 1.165) is 13.0 Å². The van der Waals surface area contributed by atoms with Crippen LogP contribution in [0.3, 0.4) is 0 Å². The topological polar surface area (TPSA) is 43.7 Å². The van der Waals surface area contributed by atoms with Gasteiger partial charge in [0.2, 0.25) is 0 Å². The summed E-state index contributed by atoms with van der Waals surface area (Å²) in [4.78, 5) is 1.86. The van der Waals surface area contributed by atoms with Crippen molar-refractivity contribution in [3.05, 3.63) is 0 Å². The summed E-state index contributed by atoms with van der Waals surface area (Å²) in [5, 5.41) is 20.2. The summed E-state index contributed by atoms with van der Waals surface area (Å²) in [7, 11) is 0. The molecule has 37 heavy (non-hydrogen) atoms. The molecule has 0 spiro atoms. The zero-order valence-electron chi connectivity index (χ0n) is 26.0. The number of aliphatic hydroxyl groups excluding tert-OH is 2. The predicted molar refractivity (Wildman–Crippen MR) is 165 cm³/mol. The Labute approximate surface area is 234 Å². The third-order valence-corrected chi connectivity index (χ3v) is 8.27. The van der Waals surface area contributed by atoms with Crippen molar-refractivity contribution in [1.82, 2.24) is 4.90 Å². The molecule has 0 heterocycles. The van der Waals surface area contributed by atoms with Crippen molar-refractivity contribution >= 4 is 0 Å². The van der Waals surface area contributed by atoms with Crippen molar-refractivity contribution in [2.75, 3.05) is 6.54 Å². The molecule has 0 rings (SSSR count). The molecule has 0 aliphatic carbocycles. The van der Waals surface area contributed by atoms with Gasteiger partial charge in [-0.05, 0) is 19.3 Å². The molecule has 0 aliphatic rings. The second-order valence-electron chi connectivity index (χ2n) is 11.9. The molecule has 0 bridgehead atoms. The van der Waals surface area contributed by atoms with E-state index in [0.29, 0.717) is 12.8 Å². The monoisotopic (exact) mass is 526 g/mol. The first-order valence-electron chi connectivity index (χ1n) is 17.3. The van der Waals surface area contributed by atoms with E-state index in [4.69, 9.17) is 0 Å². The Balaban J connectivity index is 3.21. The van der Waals surface area contributed by atoms with E-state index < -0.39 is 12.5 Å². The van der Waals surface area contributed by atoms with Gasteiger partial charge in [-0.1, -0.05) is 181 Å². The highest BCUT2D eigenvalue weighted by atomic mass is 16.3. The van der Waals surface area contributed by atoms with Crippen LogP contribution in [0.4, 0.5) is 0 Å². The van der Waals surface area contributed by atoms with Gasteiger partial charge in [0.1, 0.15) is 12.5 Å². The fourth-order valence-corrected chi connectivity index (χ4v) is 5.58. The first kappa shape index (κ1) is 36.9. The molecule has 0 saturated carbocycles. The van der Waals surface area contributed by atoms with Gasteiger partial charge in [-0.2, -0.15) is 0 Å². The van der Waals surface area contributed by atoms with Gasteiger partial charge in [0.05, 0.1) is 0 Å². The van der Waals surface area contributed by atoms with Crippen LogP contribution in [0.5, 0.6) is 0 Å². The molecule has 0 radical (unpaired) electrons. The molecule has 0 aromatic rings. The zero-order chi connectivity index (χ0) is 27.2. The minimum atomic E-state index is -0.505. The maximum absolute atomic E-state index is 10.1. The Morgan fingerprint density at radius 3 is 0.784 bits per heavy atom. The van der Waals surface area contributed by atoms with E-state index in [-0.39, 0.29) is 0 Å². The summed E-state index contributed by atoms with van der Waals surface area (Å²) < 4.78 is 0. The Morgan fingerprint density at radius 2 is 0.568 bits per heavy atom. The van der Waals surface area contributed by atoms with E-state index in [1.165, 1.54) is 161 Å². The molecule has 0 saturated heterocycles. The third kappa shape index (κ3) is 25.9. The number of nitrogens with zero attached hydrogens (tertiary/aromatic N) is 1. The lowest BCUT2D eigenvalue weighted by Crippen LogP contribution is -2.43. The molecule has 2 N–H and O–H groups in total. The lowest BCUT2D eigenvalue weighted by Gasteiger charge is -2.31. The van der Waals surface area contributed by atoms with Crippen molar-refractivity contribution in [1.29, 1.82) is 0 Å². The fourth-order valence-electron chi connectivity index (χ4n) is 5.58. The molecule has 0 aliphatic heterocycles. The summed E-state index contributed by atoms with van der Waals surface area (Å²) in [5.74, 6) is 0. The maximum Gasteiger partial charge on any atom is 0.109 e. The fraction of sp³-hybridized carbons (Fsp3) is 1.00. The second kappa shape index (κ2) is 30.4. The van der Waals surface area contributed by atoms with Crippen molar-refractivity contribution in [2.24, 2.45) is 0 Å². The van der Waals surface area contributed by atoms with Crippen molar-refractivity contribution in [3.63, 3.8) is 0 Å². The van der Waals surface area contributed by atoms with Crippen molar-refractivity contribution < 1.29 is 10.2 Å². The second-order valence-corrected chi connectivity index (χ2v) is 11.9. The minimum absolute atomic E-state index is 0.505. The normalized spacial score (nSPS) is 13.5. The maximum atomic E-state index is 10.1. The highest BCUT2D eigenvalue weighted by molar-refractivity contribution is 4.64. The standard InChI is InChI=1S/C34H71NO2/c1-4-7-8-9-10-11-12-13-14-15-16-17-18-19-20-21-22-23-24-25-26-27-28-29-30-31-32-35(33(36)5-2)34(37)6-3/h33-34,36-37H,4-32H2,1-3H3. The number of aliphatic hydroxyl groups is 2. The molecule has 2 unspecified atom stereocenters. The zero-order valence-corrected chi connectivity index (χ0v) is 26.0. The van der Waals surface area contributed by atoms with Crippen LogP contribution in [0.2, 0.25) is 0 Å². The molecular formula is C34H71NO2. The van der Waals surface area contributed by atoms with E-state index >= 15 is 0 Å². The van der Waals surface area contributed by atoms with Gasteiger partial charge in [-0.25, -0.2) is 0 Å². The third-order valence-electron chi connectivity index (χ3n) is 8.27. The lowest BCUT2D eigenvalue weighted by atomic mass is 10.0. The summed E-state index contributed by atoms with van der Waals surface area (Å²) in [5.41, 5.74) is 0. The van der Waals surface area contributed by atoms with Crippen LogP contribution in [0.1, 0.15) is 201 Å². The highest BCUT2D eigenvalue weighted by Crippen LogP contribution is 2.16. The van der Waals surface area contributed by atoms with Gasteiger partial charge in [0, 0.05) is 6.54 Å². The quantitative estimate of drug-likeness (QED) is 0.0698. The first-order valence-corrected chi connectivity index (χ1v) is 17.3. The summed E-state index contributed by atoms with van der Waals surface area (Å²) in [6.07, 6.45) is 37.1. The number of hydrogen-bond acceptors (Lipinski definition) is 3. The van der Waals surface area contributed by atoms with Crippen LogP contribution >= 0.6 is 0 Å².